The number of thioether (sulfide) groups is 1. The first-order valence-corrected chi connectivity index (χ1v) is 8.27. The number of rotatable bonds is 10. The van der Waals surface area contributed by atoms with E-state index < -0.39 is 11.5 Å². The van der Waals surface area contributed by atoms with Gasteiger partial charge in [-0.2, -0.15) is 11.8 Å². The molecule has 1 unspecified atom stereocenters. The summed E-state index contributed by atoms with van der Waals surface area (Å²) in [5, 5.41) is 12.9. The number of carbonyl (C=O) groups is 1. The minimum Gasteiger partial charge on any atom is -0.480 e. The van der Waals surface area contributed by atoms with Crippen molar-refractivity contribution < 1.29 is 9.90 Å². The highest BCUT2D eigenvalue weighted by Gasteiger charge is 2.51. The van der Waals surface area contributed by atoms with Crippen molar-refractivity contribution in [3.05, 3.63) is 0 Å². The van der Waals surface area contributed by atoms with Crippen molar-refractivity contribution in [3.63, 3.8) is 0 Å². The Bertz CT molecular complexity index is 267. The minimum atomic E-state index is -0.689. The molecular formula is C14H27NO2S. The largest absolute Gasteiger partial charge is 0.480 e. The summed E-state index contributed by atoms with van der Waals surface area (Å²) in [5.41, 5.74) is -0.689. The summed E-state index contributed by atoms with van der Waals surface area (Å²) < 4.78 is 0. The molecule has 18 heavy (non-hydrogen) atoms. The zero-order valence-electron chi connectivity index (χ0n) is 11.9. The highest BCUT2D eigenvalue weighted by atomic mass is 32.2. The molecule has 1 atom stereocenters. The van der Waals surface area contributed by atoms with Crippen molar-refractivity contribution >= 4 is 17.7 Å². The smallest absolute Gasteiger partial charge is 0.325 e. The Hall–Kier alpha value is -0.220. The van der Waals surface area contributed by atoms with Gasteiger partial charge in [-0.15, -0.1) is 0 Å². The highest BCUT2D eigenvalue weighted by molar-refractivity contribution is 7.99. The van der Waals surface area contributed by atoms with E-state index in [0.29, 0.717) is 11.7 Å². The third-order valence-electron chi connectivity index (χ3n) is 3.42. The van der Waals surface area contributed by atoms with E-state index in [1.807, 2.05) is 13.8 Å². The van der Waals surface area contributed by atoms with Gasteiger partial charge < -0.3 is 5.11 Å². The Morgan fingerprint density at radius 1 is 1.44 bits per heavy atom. The average Bonchev–Trinajstić information content (AvgIpc) is 3.10. The van der Waals surface area contributed by atoms with Crippen LogP contribution >= 0.6 is 11.8 Å². The van der Waals surface area contributed by atoms with Crippen LogP contribution in [-0.4, -0.2) is 34.2 Å². The molecule has 0 bridgehead atoms. The number of hydrogen-bond donors (Lipinski definition) is 2. The number of carboxylic acid groups (broad SMARTS) is 1. The van der Waals surface area contributed by atoms with Gasteiger partial charge in [0.1, 0.15) is 5.54 Å². The fraction of sp³-hybridized carbons (Fsp3) is 0.929. The molecule has 0 saturated heterocycles. The molecule has 0 aromatic rings. The maximum atomic E-state index is 11.7. The first kappa shape index (κ1) is 15.8. The van der Waals surface area contributed by atoms with E-state index in [2.05, 4.69) is 12.2 Å². The van der Waals surface area contributed by atoms with Crippen molar-refractivity contribution in [2.75, 3.05) is 11.5 Å². The van der Waals surface area contributed by atoms with E-state index in [4.69, 9.17) is 0 Å². The van der Waals surface area contributed by atoms with Gasteiger partial charge in [0, 0.05) is 11.8 Å². The Labute approximate surface area is 115 Å². The van der Waals surface area contributed by atoms with Gasteiger partial charge >= 0.3 is 5.97 Å². The lowest BCUT2D eigenvalue weighted by atomic mass is 9.94. The van der Waals surface area contributed by atoms with Crippen molar-refractivity contribution in [2.24, 2.45) is 5.92 Å². The minimum absolute atomic E-state index is 0.220. The van der Waals surface area contributed by atoms with Crippen LogP contribution in [0.3, 0.4) is 0 Å². The van der Waals surface area contributed by atoms with Crippen LogP contribution in [0.4, 0.5) is 0 Å². The maximum Gasteiger partial charge on any atom is 0.325 e. The van der Waals surface area contributed by atoms with Crippen LogP contribution in [0, 0.1) is 5.92 Å². The molecule has 2 N–H and O–H groups in total. The normalized spacial score (nSPS) is 18.9. The third-order valence-corrected chi connectivity index (χ3v) is 4.66. The van der Waals surface area contributed by atoms with Crippen molar-refractivity contribution in [3.8, 4) is 0 Å². The molecule has 106 valence electrons. The molecule has 0 aromatic carbocycles. The predicted octanol–water partition coefficient (Wildman–Crippen LogP) is 3.14. The Morgan fingerprint density at radius 2 is 2.11 bits per heavy atom. The average molecular weight is 273 g/mol. The molecule has 0 aromatic heterocycles. The quantitative estimate of drug-likeness (QED) is 0.600. The van der Waals surface area contributed by atoms with E-state index in [1.54, 1.807) is 11.8 Å². The van der Waals surface area contributed by atoms with Gasteiger partial charge in [-0.3, -0.25) is 10.1 Å². The molecule has 0 amide bonds. The molecule has 1 rings (SSSR count). The molecule has 0 radical (unpaired) electrons. The van der Waals surface area contributed by atoms with Crippen LogP contribution in [0.1, 0.15) is 52.9 Å². The Balaban J connectivity index is 2.50. The topological polar surface area (TPSA) is 49.3 Å². The second kappa shape index (κ2) is 7.39. The number of hydrogen-bond acceptors (Lipinski definition) is 3. The van der Waals surface area contributed by atoms with E-state index in [9.17, 15) is 9.90 Å². The lowest BCUT2D eigenvalue weighted by Crippen LogP contribution is -2.58. The van der Waals surface area contributed by atoms with E-state index >= 15 is 0 Å². The van der Waals surface area contributed by atoms with E-state index in [0.717, 1.165) is 18.6 Å². The highest BCUT2D eigenvalue weighted by Crippen LogP contribution is 2.42. The summed E-state index contributed by atoms with van der Waals surface area (Å²) in [6.45, 7) is 6.25. The van der Waals surface area contributed by atoms with Crippen LogP contribution in [0.5, 0.6) is 0 Å². The van der Waals surface area contributed by atoms with Gasteiger partial charge in [0.15, 0.2) is 0 Å². The van der Waals surface area contributed by atoms with Crippen LogP contribution in [0.15, 0.2) is 0 Å². The molecule has 1 fully saturated rings. The molecule has 0 spiro atoms. The molecule has 0 heterocycles. The van der Waals surface area contributed by atoms with Gasteiger partial charge in [0.25, 0.3) is 0 Å². The van der Waals surface area contributed by atoms with Crippen molar-refractivity contribution in [1.29, 1.82) is 0 Å². The third kappa shape index (κ3) is 4.47. The summed E-state index contributed by atoms with van der Waals surface area (Å²) in [7, 11) is 0. The van der Waals surface area contributed by atoms with Crippen molar-refractivity contribution in [1.82, 2.24) is 5.32 Å². The molecular weight excluding hydrogens is 246 g/mol. The fourth-order valence-corrected chi connectivity index (χ4v) is 3.67. The van der Waals surface area contributed by atoms with Crippen LogP contribution in [0.25, 0.3) is 0 Å². The predicted molar refractivity (Wildman–Crippen MR) is 78.2 cm³/mol. The van der Waals surface area contributed by atoms with Crippen LogP contribution in [-0.2, 0) is 4.79 Å². The molecule has 3 nitrogen and oxygen atoms in total. The van der Waals surface area contributed by atoms with Crippen LogP contribution < -0.4 is 5.32 Å². The molecule has 4 heteroatoms. The maximum absolute atomic E-state index is 11.7. The van der Waals surface area contributed by atoms with Gasteiger partial charge in [0.05, 0.1) is 0 Å². The van der Waals surface area contributed by atoms with E-state index in [-0.39, 0.29) is 6.04 Å². The number of aliphatic carboxylic acids is 1. The summed E-state index contributed by atoms with van der Waals surface area (Å²) in [4.78, 5) is 11.7. The standard InChI is InChI=1S/C14H27NO2S/c1-4-5-6-9-18-10-14(13(16)17,12-7-8-12)15-11(2)3/h11-12,15H,4-10H2,1-3H3,(H,16,17). The van der Waals surface area contributed by atoms with Gasteiger partial charge in [-0.05, 0) is 44.8 Å². The van der Waals surface area contributed by atoms with E-state index in [1.165, 1.54) is 19.3 Å². The summed E-state index contributed by atoms with van der Waals surface area (Å²) in [5.74, 6) is 1.45. The zero-order chi connectivity index (χ0) is 13.6. The zero-order valence-corrected chi connectivity index (χ0v) is 12.7. The summed E-state index contributed by atoms with van der Waals surface area (Å²) in [6.07, 6.45) is 5.78. The first-order valence-electron chi connectivity index (χ1n) is 7.11. The number of carboxylic acids is 1. The second-order valence-electron chi connectivity index (χ2n) is 5.61. The lowest BCUT2D eigenvalue weighted by Gasteiger charge is -2.32. The fourth-order valence-electron chi connectivity index (χ4n) is 2.35. The Kier molecular flexibility index (Phi) is 6.50. The van der Waals surface area contributed by atoms with Gasteiger partial charge in [-0.1, -0.05) is 19.8 Å². The molecule has 1 aliphatic rings. The first-order chi connectivity index (χ1) is 8.53. The molecule has 0 aliphatic heterocycles. The summed E-state index contributed by atoms with van der Waals surface area (Å²) >= 11 is 1.80. The Morgan fingerprint density at radius 3 is 2.56 bits per heavy atom. The molecule has 1 saturated carbocycles. The van der Waals surface area contributed by atoms with Gasteiger partial charge in [-0.25, -0.2) is 0 Å². The number of nitrogens with one attached hydrogen (secondary N) is 1. The SMILES string of the molecule is CCCCCSCC(NC(C)C)(C(=O)O)C1CC1. The second-order valence-corrected chi connectivity index (χ2v) is 6.71. The summed E-state index contributed by atoms with van der Waals surface area (Å²) in [6, 6.07) is 0.220. The monoisotopic (exact) mass is 273 g/mol. The van der Waals surface area contributed by atoms with Crippen molar-refractivity contribution in [2.45, 2.75) is 64.5 Å². The lowest BCUT2D eigenvalue weighted by molar-refractivity contribution is -0.145. The van der Waals surface area contributed by atoms with Gasteiger partial charge in [0.2, 0.25) is 0 Å². The number of unbranched alkanes of at least 4 members (excludes halogenated alkanes) is 2. The molecule has 1 aliphatic carbocycles. The van der Waals surface area contributed by atoms with Crippen LogP contribution in [0.2, 0.25) is 0 Å².